The van der Waals surface area contributed by atoms with Crippen molar-refractivity contribution in [3.63, 3.8) is 0 Å². The third kappa shape index (κ3) is 12.9. The zero-order chi connectivity index (χ0) is 15.7. The van der Waals surface area contributed by atoms with Crippen LogP contribution in [0.15, 0.2) is 12.3 Å². The van der Waals surface area contributed by atoms with E-state index in [9.17, 15) is 0 Å². The average Bonchev–Trinajstić information content (AvgIpc) is 2.46. The van der Waals surface area contributed by atoms with Crippen molar-refractivity contribution in [2.24, 2.45) is 0 Å². The van der Waals surface area contributed by atoms with Gasteiger partial charge in [0.2, 0.25) is 0 Å². The summed E-state index contributed by atoms with van der Waals surface area (Å²) >= 11 is 0. The van der Waals surface area contributed by atoms with Gasteiger partial charge in [0.25, 0.3) is 0 Å². The molecule has 1 nitrogen and oxygen atoms in total. The minimum Gasteiger partial charge on any atom is -0.324 e. The van der Waals surface area contributed by atoms with Gasteiger partial charge in [-0.1, -0.05) is 53.4 Å². The van der Waals surface area contributed by atoms with Crippen molar-refractivity contribution >= 4 is 10.2 Å². The maximum absolute atomic E-state index is 3.42. The second-order valence-corrected chi connectivity index (χ2v) is 6.88. The Morgan fingerprint density at radius 3 is 1.05 bits per heavy atom. The first-order chi connectivity index (χ1) is 9.66. The summed E-state index contributed by atoms with van der Waals surface area (Å²) in [5, 5.41) is 0. The molecule has 0 spiro atoms. The Balaban J connectivity index is 0. The Hall–Kier alpha value is -0.0831. The largest absolute Gasteiger partial charge is 0.324 e. The van der Waals surface area contributed by atoms with Crippen LogP contribution in [0.5, 0.6) is 0 Å². The topological polar surface area (TPSA) is 0 Å². The number of rotatable bonds is 12. The fourth-order valence-electron chi connectivity index (χ4n) is 2.64. The van der Waals surface area contributed by atoms with E-state index in [4.69, 9.17) is 0 Å². The maximum Gasteiger partial charge on any atom is 0.0786 e. The number of unbranched alkanes of at least 4 members (excludes halogenated alkanes) is 4. The molecule has 0 aliphatic rings. The smallest absolute Gasteiger partial charge is 0.0786 e. The summed E-state index contributed by atoms with van der Waals surface area (Å²) in [4.78, 5) is 0. The van der Waals surface area contributed by atoms with Crippen LogP contribution in [0.2, 0.25) is 0 Å². The molecule has 0 rings (SSSR count). The van der Waals surface area contributed by atoms with E-state index in [-0.39, 0.29) is 0 Å². The molecule has 0 bridgehead atoms. The van der Waals surface area contributed by atoms with E-state index in [1.165, 1.54) is 82.0 Å². The van der Waals surface area contributed by atoms with Crippen molar-refractivity contribution in [2.45, 2.75) is 79.1 Å². The van der Waals surface area contributed by atoms with Gasteiger partial charge in [0.1, 0.15) is 0 Å². The van der Waals surface area contributed by atoms with Crippen LogP contribution in [0.1, 0.15) is 79.1 Å². The minimum absolute atomic E-state index is 1.13. The van der Waals surface area contributed by atoms with Crippen LogP contribution in [0.3, 0.4) is 0 Å². The quantitative estimate of drug-likeness (QED) is 0.368. The lowest BCUT2D eigenvalue weighted by molar-refractivity contribution is -0.929. The molecule has 0 saturated heterocycles. The summed E-state index contributed by atoms with van der Waals surface area (Å²) in [6.45, 7) is 18.4. The van der Waals surface area contributed by atoms with Gasteiger partial charge in [0, 0.05) is 10.2 Å². The third-order valence-electron chi connectivity index (χ3n) is 3.94. The number of nitrogens with zero attached hydrogens (tertiary/aromatic N) is 1. The van der Waals surface area contributed by atoms with Crippen molar-refractivity contribution in [3.8, 4) is 0 Å². The Morgan fingerprint density at radius 2 is 0.900 bits per heavy atom. The van der Waals surface area contributed by atoms with E-state index in [0.717, 1.165) is 10.2 Å². The summed E-state index contributed by atoms with van der Waals surface area (Å²) in [6, 6.07) is 0. The first-order valence-corrected chi connectivity index (χ1v) is 10.2. The van der Waals surface area contributed by atoms with Crippen LogP contribution >= 0.6 is 0 Å². The van der Waals surface area contributed by atoms with E-state index in [1.807, 2.05) is 5.70 Å². The highest BCUT2D eigenvalue weighted by molar-refractivity contribution is 6.16. The van der Waals surface area contributed by atoms with Gasteiger partial charge in [-0.2, -0.15) is 0 Å². The van der Waals surface area contributed by atoms with Gasteiger partial charge in [-0.25, -0.2) is 0 Å². The van der Waals surface area contributed by atoms with E-state index in [1.54, 1.807) is 0 Å². The molecule has 0 radical (unpaired) electrons. The van der Waals surface area contributed by atoms with Gasteiger partial charge in [0.05, 0.1) is 26.2 Å². The second-order valence-electron chi connectivity index (χ2n) is 6.06. The summed E-state index contributed by atoms with van der Waals surface area (Å²) in [6.07, 6.45) is 11.1. The van der Waals surface area contributed by atoms with Crippen LogP contribution in [-0.4, -0.2) is 40.9 Å². The molecule has 122 valence electrons. The van der Waals surface area contributed by atoms with Crippen LogP contribution in [0, 0.1) is 0 Å². The van der Waals surface area contributed by atoms with E-state index in [2.05, 4.69) is 34.3 Å². The van der Waals surface area contributed by atoms with E-state index >= 15 is 0 Å². The molecule has 0 N–H and O–H groups in total. The molecule has 0 aliphatic heterocycles. The van der Waals surface area contributed by atoms with Crippen molar-refractivity contribution in [3.05, 3.63) is 12.3 Å². The molecule has 0 saturated carbocycles. The fourth-order valence-corrected chi connectivity index (χ4v) is 2.64. The Kier molecular flexibility index (Phi) is 18.8. The molecule has 2 heteroatoms. The lowest BCUT2D eigenvalue weighted by atomic mass is 10.1. The summed E-state index contributed by atoms with van der Waals surface area (Å²) in [7, 11) is 1.13. The highest BCUT2D eigenvalue weighted by Gasteiger charge is 2.24. The predicted molar refractivity (Wildman–Crippen MR) is 99.5 cm³/mol. The zero-order valence-electron chi connectivity index (χ0n) is 15.2. The fraction of sp³-hybridized carbons (Fsp3) is 0.889. The molecule has 0 aromatic heterocycles. The molecular weight excluding hydrogens is 258 g/mol. The molecule has 0 aromatic carbocycles. The molecule has 0 amide bonds. The molecule has 20 heavy (non-hydrogen) atoms. The van der Waals surface area contributed by atoms with Crippen molar-refractivity contribution in [1.29, 1.82) is 0 Å². The highest BCUT2D eigenvalue weighted by atomic mass is 28.1. The maximum atomic E-state index is 3.42. The minimum atomic E-state index is 1.13. The lowest BCUT2D eigenvalue weighted by Crippen LogP contribution is -2.50. The molecule has 0 heterocycles. The van der Waals surface area contributed by atoms with Gasteiger partial charge in [-0.05, 0) is 25.7 Å². The van der Waals surface area contributed by atoms with Crippen LogP contribution in [0.4, 0.5) is 0 Å². The molecule has 0 unspecified atom stereocenters. The highest BCUT2D eigenvalue weighted by Crippen LogP contribution is 2.16. The molecule has 0 aromatic rings. The molecule has 0 fully saturated rings. The van der Waals surface area contributed by atoms with E-state index < -0.39 is 0 Å². The van der Waals surface area contributed by atoms with Crippen molar-refractivity contribution in [1.82, 2.24) is 0 Å². The number of quaternary nitrogens is 1. The summed E-state index contributed by atoms with van der Waals surface area (Å²) in [5.74, 6) is 0. The zero-order valence-corrected chi connectivity index (χ0v) is 17.2. The summed E-state index contributed by atoms with van der Waals surface area (Å²) < 4.78 is 1.42. The van der Waals surface area contributed by atoms with Gasteiger partial charge < -0.3 is 4.48 Å². The van der Waals surface area contributed by atoms with Crippen LogP contribution < -0.4 is 0 Å². The van der Waals surface area contributed by atoms with Gasteiger partial charge >= 0.3 is 0 Å². The van der Waals surface area contributed by atoms with Crippen molar-refractivity contribution in [2.75, 3.05) is 26.2 Å². The summed E-state index contributed by atoms with van der Waals surface area (Å²) in [5.41, 5.74) is 1.89. The normalized spacial score (nSPS) is 11.0. The van der Waals surface area contributed by atoms with Gasteiger partial charge in [-0.3, -0.25) is 0 Å². The van der Waals surface area contributed by atoms with Gasteiger partial charge in [-0.15, -0.1) is 12.3 Å². The molecular formula is C18H42NSi+. The first-order valence-electron chi connectivity index (χ1n) is 9.08. The molecule has 0 atom stereocenters. The number of hydrogen-bond acceptors (Lipinski definition) is 0. The standard InChI is InChI=1S/C16H36N.C2H6Si/c1-5-9-13-17(14-10-6-2,15-11-7-3)16-12-8-4;1-2-3/h5-16H2,1-4H3;2H,1H2,3H3/q+1;. The SMILES string of the molecule is C=C[SiH3].CCCC[N+](CCCC)(CCCC)CCCC. The van der Waals surface area contributed by atoms with Gasteiger partial charge in [0.15, 0.2) is 0 Å². The van der Waals surface area contributed by atoms with Crippen LogP contribution in [0.25, 0.3) is 0 Å². The Morgan fingerprint density at radius 1 is 0.700 bits per heavy atom. The monoisotopic (exact) mass is 300 g/mol. The first kappa shape index (κ1) is 22.2. The average molecular weight is 301 g/mol. The Bertz CT molecular complexity index is 154. The van der Waals surface area contributed by atoms with Crippen LogP contribution in [-0.2, 0) is 0 Å². The third-order valence-corrected chi connectivity index (χ3v) is 3.94. The number of hydrogen-bond donors (Lipinski definition) is 0. The second kappa shape index (κ2) is 17.0. The lowest BCUT2D eigenvalue weighted by Gasteiger charge is -2.39. The molecule has 0 aliphatic carbocycles. The predicted octanol–water partition coefficient (Wildman–Crippen LogP) is 4.50. The Labute approximate surface area is 132 Å². The van der Waals surface area contributed by atoms with Crippen molar-refractivity contribution < 1.29 is 4.48 Å². The van der Waals surface area contributed by atoms with E-state index in [0.29, 0.717) is 0 Å².